The first-order valence-electron chi connectivity index (χ1n) is 6.42. The second-order valence-corrected chi connectivity index (χ2v) is 5.70. The number of carbonyl (C=O) groups is 2. The van der Waals surface area contributed by atoms with E-state index in [2.05, 4.69) is 0 Å². The van der Waals surface area contributed by atoms with E-state index in [1.165, 1.54) is 0 Å². The number of aryl methyl sites for hydroxylation is 2. The molecule has 0 saturated heterocycles. The lowest BCUT2D eigenvalue weighted by atomic mass is 9.86. The predicted molar refractivity (Wildman–Crippen MR) is 78.6 cm³/mol. The molecule has 2 nitrogen and oxygen atoms in total. The van der Waals surface area contributed by atoms with Crippen molar-refractivity contribution in [2.24, 2.45) is 0 Å². The van der Waals surface area contributed by atoms with E-state index < -0.39 is 4.87 Å². The average molecular weight is 285 g/mol. The van der Waals surface area contributed by atoms with Gasteiger partial charge in [0, 0.05) is 11.1 Å². The quantitative estimate of drug-likeness (QED) is 0.589. The molecule has 1 aliphatic rings. The van der Waals surface area contributed by atoms with Crippen LogP contribution in [-0.4, -0.2) is 11.6 Å². The topological polar surface area (TPSA) is 34.1 Å². The van der Waals surface area contributed by atoms with E-state index in [0.29, 0.717) is 16.7 Å². The number of Topliss-reactive ketones (excluding diaryl/α,β-unsaturated/α-hetero) is 2. The van der Waals surface area contributed by atoms with Crippen LogP contribution in [0.25, 0.3) is 0 Å². The molecule has 0 saturated carbocycles. The third-order valence-corrected chi connectivity index (χ3v) is 4.40. The Labute approximate surface area is 122 Å². The minimum absolute atomic E-state index is 0.322. The van der Waals surface area contributed by atoms with E-state index in [9.17, 15) is 9.59 Å². The fourth-order valence-corrected chi connectivity index (χ4v) is 3.44. The van der Waals surface area contributed by atoms with E-state index in [0.717, 1.165) is 11.1 Å². The highest BCUT2D eigenvalue weighted by Gasteiger charge is 2.54. The van der Waals surface area contributed by atoms with Crippen LogP contribution in [-0.2, 0) is 4.87 Å². The maximum absolute atomic E-state index is 12.7. The third kappa shape index (κ3) is 1.52. The van der Waals surface area contributed by atoms with Gasteiger partial charge in [0.25, 0.3) is 0 Å². The van der Waals surface area contributed by atoms with Gasteiger partial charge in [-0.2, -0.15) is 0 Å². The van der Waals surface area contributed by atoms with Crippen molar-refractivity contribution >= 4 is 23.2 Å². The van der Waals surface area contributed by atoms with Gasteiger partial charge in [0.05, 0.1) is 0 Å². The Kier molecular flexibility index (Phi) is 2.80. The van der Waals surface area contributed by atoms with Crippen molar-refractivity contribution in [3.05, 3.63) is 70.3 Å². The van der Waals surface area contributed by atoms with Crippen LogP contribution in [0.4, 0.5) is 0 Å². The van der Waals surface area contributed by atoms with Crippen molar-refractivity contribution in [2.75, 3.05) is 0 Å². The van der Waals surface area contributed by atoms with Crippen LogP contribution in [0, 0.1) is 13.8 Å². The van der Waals surface area contributed by atoms with Crippen LogP contribution in [0.5, 0.6) is 0 Å². The molecule has 0 unspecified atom stereocenters. The average Bonchev–Trinajstić information content (AvgIpc) is 2.62. The lowest BCUT2D eigenvalue weighted by Crippen LogP contribution is -2.33. The van der Waals surface area contributed by atoms with E-state index in [1.54, 1.807) is 24.3 Å². The van der Waals surface area contributed by atoms with Gasteiger partial charge in [-0.25, -0.2) is 0 Å². The zero-order valence-electron chi connectivity index (χ0n) is 11.2. The number of hydrogen-bond acceptors (Lipinski definition) is 2. The van der Waals surface area contributed by atoms with Gasteiger partial charge in [0.15, 0.2) is 16.4 Å². The number of benzene rings is 2. The number of rotatable bonds is 1. The molecule has 0 heterocycles. The van der Waals surface area contributed by atoms with Crippen LogP contribution >= 0.6 is 11.6 Å². The summed E-state index contributed by atoms with van der Waals surface area (Å²) in [6, 6.07) is 12.5. The maximum atomic E-state index is 12.7. The Hall–Kier alpha value is -1.93. The largest absolute Gasteiger partial charge is 0.291 e. The van der Waals surface area contributed by atoms with Gasteiger partial charge in [-0.3, -0.25) is 9.59 Å². The van der Waals surface area contributed by atoms with Gasteiger partial charge in [0.2, 0.25) is 0 Å². The molecule has 100 valence electrons. The number of hydrogen-bond donors (Lipinski definition) is 0. The molecule has 2 aromatic carbocycles. The molecule has 1 aliphatic carbocycles. The van der Waals surface area contributed by atoms with Gasteiger partial charge >= 0.3 is 0 Å². The standard InChI is InChI=1S/C17H13ClO2/c1-10-6-5-7-11(2)14(10)17(18)15(19)12-8-3-4-9-13(12)16(17)20/h3-9H,1-2H3. The van der Waals surface area contributed by atoms with Gasteiger partial charge in [-0.05, 0) is 30.5 Å². The summed E-state index contributed by atoms with van der Waals surface area (Å²) >= 11 is 6.57. The number of halogens is 1. The molecule has 0 bridgehead atoms. The lowest BCUT2D eigenvalue weighted by Gasteiger charge is -2.22. The SMILES string of the molecule is Cc1cccc(C)c1C1(Cl)C(=O)c2ccccc2C1=O. The van der Waals surface area contributed by atoms with Crippen molar-refractivity contribution in [1.82, 2.24) is 0 Å². The van der Waals surface area contributed by atoms with E-state index in [4.69, 9.17) is 11.6 Å². The van der Waals surface area contributed by atoms with Crippen LogP contribution in [0.1, 0.15) is 37.4 Å². The van der Waals surface area contributed by atoms with Crippen molar-refractivity contribution in [3.63, 3.8) is 0 Å². The van der Waals surface area contributed by atoms with Crippen LogP contribution in [0.3, 0.4) is 0 Å². The van der Waals surface area contributed by atoms with Crippen LogP contribution in [0.2, 0.25) is 0 Å². The first-order valence-corrected chi connectivity index (χ1v) is 6.80. The zero-order valence-corrected chi connectivity index (χ0v) is 12.0. The molecule has 3 rings (SSSR count). The van der Waals surface area contributed by atoms with Gasteiger partial charge in [0.1, 0.15) is 0 Å². The van der Waals surface area contributed by atoms with Crippen LogP contribution < -0.4 is 0 Å². The molecule has 0 fully saturated rings. The van der Waals surface area contributed by atoms with Crippen molar-refractivity contribution in [2.45, 2.75) is 18.7 Å². The summed E-state index contributed by atoms with van der Waals surface area (Å²) in [5.41, 5.74) is 3.15. The summed E-state index contributed by atoms with van der Waals surface area (Å²) in [5, 5.41) is 0. The van der Waals surface area contributed by atoms with Crippen molar-refractivity contribution in [1.29, 1.82) is 0 Å². The monoisotopic (exact) mass is 284 g/mol. The summed E-state index contributed by atoms with van der Waals surface area (Å²) in [4.78, 5) is 23.8. The smallest absolute Gasteiger partial charge is 0.196 e. The second-order valence-electron chi connectivity index (χ2n) is 5.13. The first-order chi connectivity index (χ1) is 9.48. The fraction of sp³-hybridized carbons (Fsp3) is 0.176. The fourth-order valence-electron chi connectivity index (χ4n) is 2.94. The van der Waals surface area contributed by atoms with Gasteiger partial charge < -0.3 is 0 Å². The number of ketones is 2. The number of alkyl halides is 1. The molecule has 0 amide bonds. The normalized spacial score (nSPS) is 16.4. The Morgan fingerprint density at radius 3 is 1.70 bits per heavy atom. The molecular weight excluding hydrogens is 272 g/mol. The minimum Gasteiger partial charge on any atom is -0.291 e. The molecule has 0 N–H and O–H groups in total. The second kappa shape index (κ2) is 4.29. The molecular formula is C17H13ClO2. The summed E-state index contributed by atoms with van der Waals surface area (Å²) in [5.74, 6) is -0.644. The Balaban J connectivity index is 2.30. The molecule has 0 radical (unpaired) electrons. The highest BCUT2D eigenvalue weighted by molar-refractivity contribution is 6.54. The molecule has 0 aromatic heterocycles. The van der Waals surface area contributed by atoms with Crippen molar-refractivity contribution in [3.8, 4) is 0 Å². The number of carbonyl (C=O) groups excluding carboxylic acids is 2. The van der Waals surface area contributed by atoms with E-state index >= 15 is 0 Å². The van der Waals surface area contributed by atoms with Crippen LogP contribution in [0.15, 0.2) is 42.5 Å². The molecule has 20 heavy (non-hydrogen) atoms. The Bertz CT molecular complexity index is 691. The summed E-state index contributed by atoms with van der Waals surface area (Å²) in [6.45, 7) is 3.74. The summed E-state index contributed by atoms with van der Waals surface area (Å²) in [7, 11) is 0. The highest BCUT2D eigenvalue weighted by atomic mass is 35.5. The van der Waals surface area contributed by atoms with E-state index in [-0.39, 0.29) is 11.6 Å². The maximum Gasteiger partial charge on any atom is 0.196 e. The Morgan fingerprint density at radius 2 is 1.25 bits per heavy atom. The molecule has 0 aliphatic heterocycles. The molecule has 3 heteroatoms. The minimum atomic E-state index is -1.61. The lowest BCUT2D eigenvalue weighted by molar-refractivity contribution is 0.0860. The molecule has 2 aromatic rings. The third-order valence-electron chi connectivity index (χ3n) is 3.87. The highest BCUT2D eigenvalue weighted by Crippen LogP contribution is 2.45. The predicted octanol–water partition coefficient (Wildman–Crippen LogP) is 3.82. The summed E-state index contributed by atoms with van der Waals surface area (Å²) < 4.78 is 0. The number of fused-ring (bicyclic) bond motifs is 1. The van der Waals surface area contributed by atoms with Crippen molar-refractivity contribution < 1.29 is 9.59 Å². The molecule has 0 atom stereocenters. The first kappa shape index (κ1) is 13.1. The zero-order chi connectivity index (χ0) is 14.5. The molecule has 0 spiro atoms. The Morgan fingerprint density at radius 1 is 0.800 bits per heavy atom. The van der Waals surface area contributed by atoms with E-state index in [1.807, 2.05) is 32.0 Å². The van der Waals surface area contributed by atoms with Gasteiger partial charge in [-0.15, -0.1) is 0 Å². The summed E-state index contributed by atoms with van der Waals surface area (Å²) in [6.07, 6.45) is 0. The van der Waals surface area contributed by atoms with Gasteiger partial charge in [-0.1, -0.05) is 54.1 Å².